The maximum atomic E-state index is 12.5. The van der Waals surface area contributed by atoms with Crippen molar-refractivity contribution in [3.8, 4) is 0 Å². The number of hydrogen-bond acceptors (Lipinski definition) is 3. The van der Waals surface area contributed by atoms with Gasteiger partial charge in [-0.15, -0.1) is 0 Å². The topological polar surface area (TPSA) is 66.5 Å². The molecule has 1 heterocycles. The van der Waals surface area contributed by atoms with Crippen LogP contribution in [0.25, 0.3) is 0 Å². The Bertz CT molecular complexity index is 635. The van der Waals surface area contributed by atoms with Crippen molar-refractivity contribution in [3.63, 3.8) is 0 Å². The predicted octanol–water partition coefficient (Wildman–Crippen LogP) is 1.80. The summed E-state index contributed by atoms with van der Waals surface area (Å²) in [6.07, 6.45) is 4.15. The molecule has 1 aliphatic rings. The first-order chi connectivity index (χ1) is 10.5. The molecule has 1 aromatic carbocycles. The molecule has 120 valence electrons. The number of carbonyl (C=O) groups is 1. The maximum Gasteiger partial charge on any atom is 0.243 e. The van der Waals surface area contributed by atoms with E-state index in [2.05, 4.69) is 11.9 Å². The minimum Gasteiger partial charge on any atom is -0.348 e. The number of sulfonamides is 1. The lowest BCUT2D eigenvalue weighted by atomic mass is 10.1. The van der Waals surface area contributed by atoms with Crippen LogP contribution in [0.5, 0.6) is 0 Å². The van der Waals surface area contributed by atoms with Crippen molar-refractivity contribution in [3.05, 3.63) is 48.0 Å². The van der Waals surface area contributed by atoms with Crippen LogP contribution < -0.4 is 5.32 Å². The van der Waals surface area contributed by atoms with Gasteiger partial charge in [-0.1, -0.05) is 37.3 Å². The van der Waals surface area contributed by atoms with Crippen LogP contribution in [-0.4, -0.2) is 31.7 Å². The van der Waals surface area contributed by atoms with Crippen molar-refractivity contribution >= 4 is 15.9 Å². The molecule has 0 spiro atoms. The fourth-order valence-corrected chi connectivity index (χ4v) is 4.23. The predicted molar refractivity (Wildman–Crippen MR) is 86.5 cm³/mol. The number of piperidine rings is 1. The third-order valence-corrected chi connectivity index (χ3v) is 5.63. The van der Waals surface area contributed by atoms with E-state index in [1.807, 2.05) is 18.2 Å². The Labute approximate surface area is 132 Å². The van der Waals surface area contributed by atoms with Crippen LogP contribution in [0.4, 0.5) is 0 Å². The van der Waals surface area contributed by atoms with Crippen LogP contribution in [0.2, 0.25) is 0 Å². The third kappa shape index (κ3) is 4.42. The largest absolute Gasteiger partial charge is 0.348 e. The van der Waals surface area contributed by atoms with E-state index in [4.69, 9.17) is 0 Å². The van der Waals surface area contributed by atoms with E-state index in [0.29, 0.717) is 19.6 Å². The smallest absolute Gasteiger partial charge is 0.243 e. The molecule has 6 heteroatoms. The summed E-state index contributed by atoms with van der Waals surface area (Å²) < 4.78 is 26.6. The molecular weight excluding hydrogens is 300 g/mol. The maximum absolute atomic E-state index is 12.5. The Morgan fingerprint density at radius 3 is 2.45 bits per heavy atom. The van der Waals surface area contributed by atoms with Gasteiger partial charge in [-0.25, -0.2) is 12.7 Å². The Balaban J connectivity index is 2.11. The molecule has 0 aliphatic carbocycles. The minimum absolute atomic E-state index is 0.0207. The first-order valence-electron chi connectivity index (χ1n) is 7.48. The number of amides is 1. The van der Waals surface area contributed by atoms with Crippen molar-refractivity contribution in [2.45, 2.75) is 31.6 Å². The van der Waals surface area contributed by atoms with E-state index in [1.165, 1.54) is 6.08 Å². The van der Waals surface area contributed by atoms with E-state index in [9.17, 15) is 13.2 Å². The lowest BCUT2D eigenvalue weighted by molar-refractivity contribution is -0.116. The molecule has 22 heavy (non-hydrogen) atoms. The zero-order valence-corrected chi connectivity index (χ0v) is 13.4. The number of nitrogens with one attached hydrogen (secondary N) is 1. The first kappa shape index (κ1) is 16.7. The van der Waals surface area contributed by atoms with Crippen LogP contribution in [0.15, 0.2) is 36.9 Å². The van der Waals surface area contributed by atoms with E-state index < -0.39 is 10.0 Å². The molecule has 0 unspecified atom stereocenters. The van der Waals surface area contributed by atoms with E-state index in [0.717, 1.165) is 30.4 Å². The Kier molecular flexibility index (Phi) is 5.74. The van der Waals surface area contributed by atoms with Gasteiger partial charge in [0.1, 0.15) is 0 Å². The molecule has 5 nitrogen and oxygen atoms in total. The second-order valence-corrected chi connectivity index (χ2v) is 7.38. The molecule has 0 radical (unpaired) electrons. The van der Waals surface area contributed by atoms with E-state index in [1.54, 1.807) is 10.4 Å². The second kappa shape index (κ2) is 7.56. The molecule has 1 N–H and O–H groups in total. The summed E-state index contributed by atoms with van der Waals surface area (Å²) in [7, 11) is -3.30. The average Bonchev–Trinajstić information content (AvgIpc) is 2.54. The minimum atomic E-state index is -3.30. The summed E-state index contributed by atoms with van der Waals surface area (Å²) in [5.74, 6) is -0.290. The Morgan fingerprint density at radius 2 is 1.82 bits per heavy atom. The van der Waals surface area contributed by atoms with Crippen molar-refractivity contribution in [1.29, 1.82) is 0 Å². The monoisotopic (exact) mass is 322 g/mol. The molecule has 0 aromatic heterocycles. The van der Waals surface area contributed by atoms with Crippen LogP contribution >= 0.6 is 0 Å². The normalized spacial score (nSPS) is 16.2. The number of nitrogens with zero attached hydrogens (tertiary/aromatic N) is 1. The van der Waals surface area contributed by atoms with Gasteiger partial charge in [0.25, 0.3) is 0 Å². The molecule has 0 bridgehead atoms. The van der Waals surface area contributed by atoms with E-state index >= 15 is 0 Å². The quantitative estimate of drug-likeness (QED) is 0.812. The molecule has 0 atom stereocenters. The van der Waals surface area contributed by atoms with Gasteiger partial charge in [-0.2, -0.15) is 0 Å². The van der Waals surface area contributed by atoms with Crippen LogP contribution in [-0.2, 0) is 27.1 Å². The lowest BCUT2D eigenvalue weighted by Gasteiger charge is -2.26. The highest BCUT2D eigenvalue weighted by Gasteiger charge is 2.24. The molecule has 1 amide bonds. The zero-order valence-electron chi connectivity index (χ0n) is 12.6. The van der Waals surface area contributed by atoms with Crippen molar-refractivity contribution < 1.29 is 13.2 Å². The highest BCUT2D eigenvalue weighted by atomic mass is 32.2. The highest BCUT2D eigenvalue weighted by molar-refractivity contribution is 7.88. The summed E-state index contributed by atoms with van der Waals surface area (Å²) in [5, 5.41) is 2.69. The van der Waals surface area contributed by atoms with Gasteiger partial charge < -0.3 is 5.32 Å². The van der Waals surface area contributed by atoms with Crippen LogP contribution in [0, 0.1) is 0 Å². The van der Waals surface area contributed by atoms with Gasteiger partial charge in [0, 0.05) is 19.6 Å². The molecule has 0 saturated carbocycles. The summed E-state index contributed by atoms with van der Waals surface area (Å²) in [6.45, 7) is 4.92. The van der Waals surface area contributed by atoms with E-state index in [-0.39, 0.29) is 11.7 Å². The molecule has 1 aliphatic heterocycles. The summed E-state index contributed by atoms with van der Waals surface area (Å²) in [5.41, 5.74) is 1.55. The first-order valence-corrected chi connectivity index (χ1v) is 9.09. The summed E-state index contributed by atoms with van der Waals surface area (Å²) in [4.78, 5) is 11.3. The van der Waals surface area contributed by atoms with Gasteiger partial charge in [0.05, 0.1) is 5.75 Å². The fourth-order valence-electron chi connectivity index (χ4n) is 2.56. The van der Waals surface area contributed by atoms with Crippen molar-refractivity contribution in [1.82, 2.24) is 9.62 Å². The number of carbonyl (C=O) groups excluding carboxylic acids is 1. The standard InChI is InChI=1S/C16H22N2O3S/c1-2-16(19)17-12-14-8-4-5-9-15(14)13-22(20,21)18-10-6-3-7-11-18/h2,4-5,8-9H,1,3,6-7,10-13H2,(H,17,19). The SMILES string of the molecule is C=CC(=O)NCc1ccccc1CS(=O)(=O)N1CCCCC1. The number of rotatable bonds is 6. The average molecular weight is 322 g/mol. The molecule has 2 rings (SSSR count). The molecule has 1 fully saturated rings. The molecular formula is C16H22N2O3S. The molecule has 1 saturated heterocycles. The van der Waals surface area contributed by atoms with Gasteiger partial charge in [0.15, 0.2) is 0 Å². The number of hydrogen-bond donors (Lipinski definition) is 1. The van der Waals surface area contributed by atoms with Gasteiger partial charge in [0.2, 0.25) is 15.9 Å². The van der Waals surface area contributed by atoms with Crippen molar-refractivity contribution in [2.75, 3.05) is 13.1 Å². The lowest BCUT2D eigenvalue weighted by Crippen LogP contribution is -2.36. The van der Waals surface area contributed by atoms with Gasteiger partial charge in [-0.3, -0.25) is 4.79 Å². The van der Waals surface area contributed by atoms with Crippen molar-refractivity contribution in [2.24, 2.45) is 0 Å². The summed E-state index contributed by atoms with van der Waals surface area (Å²) >= 11 is 0. The number of benzene rings is 1. The summed E-state index contributed by atoms with van der Waals surface area (Å²) in [6, 6.07) is 7.30. The third-order valence-electron chi connectivity index (χ3n) is 3.80. The van der Waals surface area contributed by atoms with Crippen LogP contribution in [0.1, 0.15) is 30.4 Å². The van der Waals surface area contributed by atoms with Gasteiger partial charge in [-0.05, 0) is 30.0 Å². The highest BCUT2D eigenvalue weighted by Crippen LogP contribution is 2.19. The Morgan fingerprint density at radius 1 is 1.18 bits per heavy atom. The second-order valence-electron chi connectivity index (χ2n) is 5.41. The Hall–Kier alpha value is -1.66. The fraction of sp³-hybridized carbons (Fsp3) is 0.438. The van der Waals surface area contributed by atoms with Gasteiger partial charge >= 0.3 is 0 Å². The van der Waals surface area contributed by atoms with Crippen LogP contribution in [0.3, 0.4) is 0 Å². The zero-order chi connectivity index (χ0) is 16.0. The molecule has 1 aromatic rings.